The van der Waals surface area contributed by atoms with Crippen LogP contribution in [0.4, 0.5) is 0 Å². The molecule has 2 fully saturated rings. The van der Waals surface area contributed by atoms with Crippen molar-refractivity contribution in [3.05, 3.63) is 40.3 Å². The van der Waals surface area contributed by atoms with E-state index in [1.165, 1.54) is 31.5 Å². The molecule has 3 rings (SSSR count). The number of aliphatic hydroxyl groups is 1. The maximum absolute atomic E-state index is 10.6. The molecule has 2 heterocycles. The predicted octanol–water partition coefficient (Wildman–Crippen LogP) is 2.17. The second-order valence-electron chi connectivity index (χ2n) is 7.85. The SMILES string of the molecule is CCC(CC)N1CCC(=C=c2ccc(=CC3(O)CCNCC3)cc2)CC1. The van der Waals surface area contributed by atoms with Gasteiger partial charge < -0.3 is 10.4 Å². The largest absolute Gasteiger partial charge is 0.386 e. The van der Waals surface area contributed by atoms with Crippen LogP contribution in [0.25, 0.3) is 11.8 Å². The van der Waals surface area contributed by atoms with E-state index < -0.39 is 5.60 Å². The average Bonchev–Trinajstić information content (AvgIpc) is 2.66. The van der Waals surface area contributed by atoms with Crippen LogP contribution in [-0.4, -0.2) is 47.8 Å². The van der Waals surface area contributed by atoms with Gasteiger partial charge >= 0.3 is 0 Å². The molecule has 2 aliphatic rings. The van der Waals surface area contributed by atoms with E-state index in [9.17, 15) is 5.11 Å². The van der Waals surface area contributed by atoms with Gasteiger partial charge in [-0.05, 0) is 80.6 Å². The number of rotatable bonds is 4. The predicted molar refractivity (Wildman–Crippen MR) is 109 cm³/mol. The number of piperidine rings is 2. The lowest BCUT2D eigenvalue weighted by atomic mass is 9.91. The first-order chi connectivity index (χ1) is 12.6. The standard InChI is InChI=1S/C23H34N2O/c1-3-22(4-2)25-15-9-20(10-16-25)17-19-5-7-21(8-6-19)18-23(26)11-13-24-14-12-23/h5-8,18,22,24,26H,3-4,9-16H2,1-2H3. The Kier molecular flexibility index (Phi) is 6.72. The summed E-state index contributed by atoms with van der Waals surface area (Å²) in [6, 6.07) is 9.24. The number of nitrogens with one attached hydrogen (secondary N) is 1. The van der Waals surface area contributed by atoms with Gasteiger partial charge in [-0.15, -0.1) is 5.73 Å². The molecule has 0 saturated carbocycles. The van der Waals surface area contributed by atoms with Gasteiger partial charge in [-0.2, -0.15) is 0 Å². The summed E-state index contributed by atoms with van der Waals surface area (Å²) in [6.45, 7) is 8.70. The molecule has 2 saturated heterocycles. The Labute approximate surface area is 158 Å². The maximum atomic E-state index is 10.6. The number of benzene rings is 1. The Balaban J connectivity index is 1.71. The Hall–Kier alpha value is -1.38. The first-order valence-corrected chi connectivity index (χ1v) is 10.4. The Morgan fingerprint density at radius 3 is 2.31 bits per heavy atom. The molecular formula is C23H34N2O. The fourth-order valence-corrected chi connectivity index (χ4v) is 4.27. The number of hydrogen-bond donors (Lipinski definition) is 2. The number of nitrogens with zero attached hydrogens (tertiary/aromatic N) is 1. The van der Waals surface area contributed by atoms with Crippen LogP contribution < -0.4 is 15.8 Å². The summed E-state index contributed by atoms with van der Waals surface area (Å²) in [5, 5.41) is 16.2. The molecule has 0 atom stereocenters. The molecule has 0 bridgehead atoms. The van der Waals surface area contributed by atoms with Crippen molar-refractivity contribution in [2.24, 2.45) is 0 Å². The highest BCUT2D eigenvalue weighted by atomic mass is 16.3. The molecule has 1 aromatic carbocycles. The topological polar surface area (TPSA) is 35.5 Å². The summed E-state index contributed by atoms with van der Waals surface area (Å²) in [6.07, 6.45) is 8.38. The molecule has 0 aliphatic carbocycles. The van der Waals surface area contributed by atoms with E-state index in [1.54, 1.807) is 0 Å². The van der Waals surface area contributed by atoms with Crippen molar-refractivity contribution in [1.82, 2.24) is 10.2 Å². The van der Waals surface area contributed by atoms with Crippen molar-refractivity contribution in [1.29, 1.82) is 0 Å². The monoisotopic (exact) mass is 354 g/mol. The molecule has 0 unspecified atom stereocenters. The summed E-state index contributed by atoms with van der Waals surface area (Å²) < 4.78 is 0. The van der Waals surface area contributed by atoms with Crippen LogP contribution in [0, 0.1) is 0 Å². The van der Waals surface area contributed by atoms with Crippen molar-refractivity contribution < 1.29 is 5.11 Å². The fourth-order valence-electron chi connectivity index (χ4n) is 4.27. The molecule has 0 amide bonds. The lowest BCUT2D eigenvalue weighted by Crippen LogP contribution is -2.41. The van der Waals surface area contributed by atoms with Crippen LogP contribution in [0.15, 0.2) is 29.8 Å². The highest BCUT2D eigenvalue weighted by Crippen LogP contribution is 2.20. The summed E-state index contributed by atoms with van der Waals surface area (Å²) in [4.78, 5) is 2.64. The van der Waals surface area contributed by atoms with E-state index in [0.29, 0.717) is 0 Å². The summed E-state index contributed by atoms with van der Waals surface area (Å²) in [7, 11) is 0. The normalized spacial score (nSPS) is 20.8. The van der Waals surface area contributed by atoms with E-state index in [2.05, 4.69) is 54.1 Å². The van der Waals surface area contributed by atoms with Crippen molar-refractivity contribution in [2.45, 2.75) is 64.0 Å². The fraction of sp³-hybridized carbons (Fsp3) is 0.609. The smallest absolute Gasteiger partial charge is 0.0860 e. The van der Waals surface area contributed by atoms with Gasteiger partial charge in [0.15, 0.2) is 0 Å². The van der Waals surface area contributed by atoms with E-state index in [4.69, 9.17) is 0 Å². The molecule has 3 heteroatoms. The van der Waals surface area contributed by atoms with Gasteiger partial charge in [0.2, 0.25) is 0 Å². The van der Waals surface area contributed by atoms with Gasteiger partial charge in [-0.3, -0.25) is 4.90 Å². The van der Waals surface area contributed by atoms with Gasteiger partial charge in [-0.25, -0.2) is 0 Å². The Morgan fingerprint density at radius 1 is 1.12 bits per heavy atom. The van der Waals surface area contributed by atoms with Gasteiger partial charge in [-0.1, -0.05) is 26.0 Å². The van der Waals surface area contributed by atoms with Crippen molar-refractivity contribution >= 4 is 11.8 Å². The zero-order chi connectivity index (χ0) is 18.4. The van der Waals surface area contributed by atoms with Crippen molar-refractivity contribution in [2.75, 3.05) is 26.2 Å². The quantitative estimate of drug-likeness (QED) is 0.870. The third-order valence-corrected chi connectivity index (χ3v) is 6.00. The van der Waals surface area contributed by atoms with Crippen molar-refractivity contribution in [3.63, 3.8) is 0 Å². The average molecular weight is 355 g/mol. The van der Waals surface area contributed by atoms with Gasteiger partial charge in [0, 0.05) is 24.4 Å². The van der Waals surface area contributed by atoms with Crippen LogP contribution in [-0.2, 0) is 0 Å². The van der Waals surface area contributed by atoms with Crippen LogP contribution in [0.5, 0.6) is 0 Å². The van der Waals surface area contributed by atoms with Gasteiger partial charge in [0.05, 0.1) is 5.60 Å². The third kappa shape index (κ3) is 5.08. The number of likely N-dealkylation sites (tertiary alicyclic amines) is 1. The van der Waals surface area contributed by atoms with Crippen LogP contribution in [0.2, 0.25) is 0 Å². The van der Waals surface area contributed by atoms with E-state index in [0.717, 1.165) is 55.3 Å². The minimum atomic E-state index is -0.656. The molecule has 3 nitrogen and oxygen atoms in total. The minimum Gasteiger partial charge on any atom is -0.386 e. The molecular weight excluding hydrogens is 320 g/mol. The maximum Gasteiger partial charge on any atom is 0.0860 e. The molecule has 142 valence electrons. The summed E-state index contributed by atoms with van der Waals surface area (Å²) in [5.41, 5.74) is 4.41. The van der Waals surface area contributed by atoms with Crippen LogP contribution in [0.1, 0.15) is 52.4 Å². The molecule has 0 radical (unpaired) electrons. The lowest BCUT2D eigenvalue weighted by molar-refractivity contribution is 0.0737. The molecule has 0 aromatic heterocycles. The molecule has 1 aromatic rings. The first kappa shape index (κ1) is 19.4. The zero-order valence-corrected chi connectivity index (χ0v) is 16.4. The highest BCUT2D eigenvalue weighted by molar-refractivity contribution is 5.37. The highest BCUT2D eigenvalue weighted by Gasteiger charge is 2.25. The van der Waals surface area contributed by atoms with Crippen molar-refractivity contribution in [3.8, 4) is 0 Å². The Morgan fingerprint density at radius 2 is 1.73 bits per heavy atom. The first-order valence-electron chi connectivity index (χ1n) is 10.4. The van der Waals surface area contributed by atoms with Gasteiger partial charge in [0.1, 0.15) is 0 Å². The second-order valence-corrected chi connectivity index (χ2v) is 7.85. The Bertz CT molecular complexity index is 704. The molecule has 2 aliphatic heterocycles. The van der Waals surface area contributed by atoms with Crippen LogP contribution >= 0.6 is 0 Å². The van der Waals surface area contributed by atoms with E-state index in [-0.39, 0.29) is 0 Å². The van der Waals surface area contributed by atoms with E-state index in [1.807, 2.05) is 6.08 Å². The molecule has 0 spiro atoms. The minimum absolute atomic E-state index is 0.656. The van der Waals surface area contributed by atoms with Gasteiger partial charge in [0.25, 0.3) is 0 Å². The van der Waals surface area contributed by atoms with Crippen LogP contribution in [0.3, 0.4) is 0 Å². The molecule has 2 N–H and O–H groups in total. The number of hydrogen-bond acceptors (Lipinski definition) is 3. The second kappa shape index (κ2) is 9.01. The van der Waals surface area contributed by atoms with E-state index >= 15 is 0 Å². The summed E-state index contributed by atoms with van der Waals surface area (Å²) in [5.74, 6) is 0. The summed E-state index contributed by atoms with van der Waals surface area (Å²) >= 11 is 0. The zero-order valence-electron chi connectivity index (χ0n) is 16.4. The third-order valence-electron chi connectivity index (χ3n) is 6.00. The lowest BCUT2D eigenvalue weighted by Gasteiger charge is -2.34. The molecule has 26 heavy (non-hydrogen) atoms.